The molecule has 1 aromatic carbocycles. The van der Waals surface area contributed by atoms with Crippen LogP contribution in [0.15, 0.2) is 30.3 Å². The quantitative estimate of drug-likeness (QED) is 0.528. The van der Waals surface area contributed by atoms with Gasteiger partial charge < -0.3 is 16.0 Å². The third-order valence-electron chi connectivity index (χ3n) is 4.41. The van der Waals surface area contributed by atoms with E-state index in [-0.39, 0.29) is 24.0 Å². The summed E-state index contributed by atoms with van der Waals surface area (Å²) >= 11 is 1.93. The van der Waals surface area contributed by atoms with E-state index >= 15 is 0 Å². The number of benzene rings is 1. The molecule has 0 saturated carbocycles. The zero-order chi connectivity index (χ0) is 16.1. The van der Waals surface area contributed by atoms with Crippen molar-refractivity contribution < 1.29 is 9.59 Å². The number of urea groups is 1. The van der Waals surface area contributed by atoms with Crippen molar-refractivity contribution in [1.29, 1.82) is 0 Å². The SMILES string of the molecule is O=C(CCCC[C@@H]1SC[C@H]2NC(=O)N[C@H]12)NCc1ccccc1. The van der Waals surface area contributed by atoms with E-state index in [2.05, 4.69) is 16.0 Å². The third-order valence-corrected chi connectivity index (χ3v) is 5.92. The Hall–Kier alpha value is -1.69. The van der Waals surface area contributed by atoms with E-state index in [0.29, 0.717) is 18.2 Å². The molecule has 3 rings (SSSR count). The van der Waals surface area contributed by atoms with Gasteiger partial charge in [-0.25, -0.2) is 4.79 Å². The number of nitrogens with one attached hydrogen (secondary N) is 3. The van der Waals surface area contributed by atoms with Gasteiger partial charge in [-0.05, 0) is 18.4 Å². The minimum Gasteiger partial charge on any atom is -0.352 e. The Kier molecular flexibility index (Phi) is 5.43. The van der Waals surface area contributed by atoms with Gasteiger partial charge in [-0.1, -0.05) is 36.8 Å². The maximum Gasteiger partial charge on any atom is 0.315 e. The van der Waals surface area contributed by atoms with Gasteiger partial charge in [0, 0.05) is 24.0 Å². The van der Waals surface area contributed by atoms with Crippen LogP contribution in [0.5, 0.6) is 0 Å². The van der Waals surface area contributed by atoms with Gasteiger partial charge in [0.05, 0.1) is 12.1 Å². The van der Waals surface area contributed by atoms with Crippen molar-refractivity contribution in [3.63, 3.8) is 0 Å². The van der Waals surface area contributed by atoms with Gasteiger partial charge in [-0.15, -0.1) is 0 Å². The summed E-state index contributed by atoms with van der Waals surface area (Å²) < 4.78 is 0. The summed E-state index contributed by atoms with van der Waals surface area (Å²) in [7, 11) is 0. The van der Waals surface area contributed by atoms with Gasteiger partial charge in [0.25, 0.3) is 0 Å². The lowest BCUT2D eigenvalue weighted by atomic mass is 10.0. The molecule has 3 N–H and O–H groups in total. The molecule has 0 radical (unpaired) electrons. The first-order valence-electron chi connectivity index (χ1n) is 8.21. The van der Waals surface area contributed by atoms with E-state index in [1.807, 2.05) is 42.1 Å². The number of rotatable bonds is 7. The second-order valence-corrected chi connectivity index (χ2v) is 7.40. The first kappa shape index (κ1) is 16.2. The normalized spacial score (nSPS) is 25.6. The Balaban J connectivity index is 1.29. The number of carbonyl (C=O) groups excluding carboxylic acids is 2. The van der Waals surface area contributed by atoms with Crippen LogP contribution in [-0.4, -0.2) is 35.0 Å². The number of carbonyl (C=O) groups is 2. The Morgan fingerprint density at radius 3 is 2.87 bits per heavy atom. The highest BCUT2D eigenvalue weighted by atomic mass is 32.2. The lowest BCUT2D eigenvalue weighted by Crippen LogP contribution is -2.36. The van der Waals surface area contributed by atoms with Crippen LogP contribution in [0.2, 0.25) is 0 Å². The van der Waals surface area contributed by atoms with E-state index in [1.54, 1.807) is 0 Å². The van der Waals surface area contributed by atoms with Gasteiger partial charge in [0.15, 0.2) is 0 Å². The van der Waals surface area contributed by atoms with Crippen LogP contribution in [0.1, 0.15) is 31.2 Å². The number of amides is 3. The Morgan fingerprint density at radius 1 is 1.22 bits per heavy atom. The van der Waals surface area contributed by atoms with Gasteiger partial charge in [0.2, 0.25) is 5.91 Å². The molecule has 2 heterocycles. The van der Waals surface area contributed by atoms with Gasteiger partial charge in [-0.3, -0.25) is 4.79 Å². The molecule has 2 fully saturated rings. The molecule has 0 bridgehead atoms. The minimum atomic E-state index is -0.0365. The summed E-state index contributed by atoms with van der Waals surface area (Å²) in [5, 5.41) is 9.39. The van der Waals surface area contributed by atoms with E-state index in [4.69, 9.17) is 0 Å². The summed E-state index contributed by atoms with van der Waals surface area (Å²) in [5.41, 5.74) is 1.12. The van der Waals surface area contributed by atoms with Crippen LogP contribution < -0.4 is 16.0 Å². The molecule has 6 heteroatoms. The molecule has 2 saturated heterocycles. The molecule has 0 unspecified atom stereocenters. The molecule has 3 atom stereocenters. The number of hydrogen-bond donors (Lipinski definition) is 3. The van der Waals surface area contributed by atoms with Crippen LogP contribution in [-0.2, 0) is 11.3 Å². The minimum absolute atomic E-state index is 0.0365. The molecule has 1 aromatic rings. The molecular weight excluding hydrogens is 310 g/mol. The van der Waals surface area contributed by atoms with Gasteiger partial charge >= 0.3 is 6.03 Å². The fourth-order valence-electron chi connectivity index (χ4n) is 3.16. The molecule has 124 valence electrons. The Morgan fingerprint density at radius 2 is 2.04 bits per heavy atom. The molecule has 23 heavy (non-hydrogen) atoms. The summed E-state index contributed by atoms with van der Waals surface area (Å²) in [4.78, 5) is 23.2. The molecular formula is C17H23N3O2S. The van der Waals surface area contributed by atoms with E-state index in [9.17, 15) is 9.59 Å². The van der Waals surface area contributed by atoms with E-state index in [1.165, 1.54) is 0 Å². The summed E-state index contributed by atoms with van der Waals surface area (Å²) in [6.07, 6.45) is 3.55. The summed E-state index contributed by atoms with van der Waals surface area (Å²) in [5.74, 6) is 1.10. The predicted molar refractivity (Wildman–Crippen MR) is 92.2 cm³/mol. The molecule has 0 spiro atoms. The van der Waals surface area contributed by atoms with E-state index in [0.717, 1.165) is 30.6 Å². The average Bonchev–Trinajstić information content (AvgIpc) is 3.10. The maximum atomic E-state index is 11.9. The Bertz CT molecular complexity index is 552. The number of hydrogen-bond acceptors (Lipinski definition) is 3. The smallest absolute Gasteiger partial charge is 0.315 e. The van der Waals surface area contributed by atoms with Crippen molar-refractivity contribution in [1.82, 2.24) is 16.0 Å². The Labute approximate surface area is 141 Å². The lowest BCUT2D eigenvalue weighted by molar-refractivity contribution is -0.121. The summed E-state index contributed by atoms with van der Waals surface area (Å²) in [6.45, 7) is 0.597. The van der Waals surface area contributed by atoms with Crippen LogP contribution in [0.3, 0.4) is 0 Å². The van der Waals surface area contributed by atoms with Crippen molar-refractivity contribution in [3.8, 4) is 0 Å². The molecule has 2 aliphatic heterocycles. The first-order chi connectivity index (χ1) is 11.2. The monoisotopic (exact) mass is 333 g/mol. The van der Waals surface area contributed by atoms with Crippen molar-refractivity contribution in [3.05, 3.63) is 35.9 Å². The second-order valence-electron chi connectivity index (χ2n) is 6.13. The zero-order valence-corrected chi connectivity index (χ0v) is 13.9. The highest BCUT2D eigenvalue weighted by molar-refractivity contribution is 8.00. The van der Waals surface area contributed by atoms with Gasteiger partial charge in [-0.2, -0.15) is 11.8 Å². The molecule has 2 aliphatic rings. The second kappa shape index (κ2) is 7.73. The third kappa shape index (κ3) is 4.41. The van der Waals surface area contributed by atoms with Crippen LogP contribution in [0, 0.1) is 0 Å². The lowest BCUT2D eigenvalue weighted by Gasteiger charge is -2.16. The predicted octanol–water partition coefficient (Wildman–Crippen LogP) is 2.03. The van der Waals surface area contributed by atoms with E-state index < -0.39 is 0 Å². The summed E-state index contributed by atoms with van der Waals surface area (Å²) in [6, 6.07) is 10.5. The van der Waals surface area contributed by atoms with Crippen molar-refractivity contribution in [2.75, 3.05) is 5.75 Å². The largest absolute Gasteiger partial charge is 0.352 e. The van der Waals surface area contributed by atoms with Crippen LogP contribution in [0.25, 0.3) is 0 Å². The maximum absolute atomic E-state index is 11.9. The fraction of sp³-hybridized carbons (Fsp3) is 0.529. The first-order valence-corrected chi connectivity index (χ1v) is 9.26. The fourth-order valence-corrected chi connectivity index (χ4v) is 4.70. The number of thioether (sulfide) groups is 1. The van der Waals surface area contributed by atoms with Crippen molar-refractivity contribution in [2.24, 2.45) is 0 Å². The average molecular weight is 333 g/mol. The molecule has 0 aromatic heterocycles. The van der Waals surface area contributed by atoms with Crippen LogP contribution in [0.4, 0.5) is 4.79 Å². The molecule has 5 nitrogen and oxygen atoms in total. The van der Waals surface area contributed by atoms with Gasteiger partial charge in [0.1, 0.15) is 0 Å². The van der Waals surface area contributed by atoms with Crippen molar-refractivity contribution in [2.45, 2.75) is 49.6 Å². The standard InChI is InChI=1S/C17H23N3O2S/c21-15(18-10-12-6-2-1-3-7-12)9-5-4-8-14-16-13(11-23-14)19-17(22)20-16/h1-3,6-7,13-14,16H,4-5,8-11H2,(H,18,21)(H2,19,20,22)/t13-,14+,16+/m1/s1. The number of unbranched alkanes of at least 4 members (excludes halogenated alkanes) is 1. The number of fused-ring (bicyclic) bond motifs is 1. The van der Waals surface area contributed by atoms with Crippen LogP contribution >= 0.6 is 11.8 Å². The molecule has 3 amide bonds. The highest BCUT2D eigenvalue weighted by Gasteiger charge is 2.42. The molecule has 0 aliphatic carbocycles. The highest BCUT2D eigenvalue weighted by Crippen LogP contribution is 2.33. The topological polar surface area (TPSA) is 70.2 Å². The zero-order valence-electron chi connectivity index (χ0n) is 13.1. The van der Waals surface area contributed by atoms with Crippen molar-refractivity contribution >= 4 is 23.7 Å².